The second-order valence-corrected chi connectivity index (χ2v) is 6.99. The minimum Gasteiger partial charge on any atom is -0.368 e. The van der Waals surface area contributed by atoms with E-state index in [1.807, 2.05) is 29.4 Å². The van der Waals surface area contributed by atoms with Gasteiger partial charge in [0.25, 0.3) is 0 Å². The molecule has 1 atom stereocenters. The number of urea groups is 1. The largest absolute Gasteiger partial charge is 0.368 e. The standard InChI is InChI=1S/C18H29N5O/c1-15(2)23-9-3-4-17(23)14-20-18(24)22-12-10-21(11-13-22)16-5-7-19-8-6-16/h5-8,15,17H,3-4,9-14H2,1-2H3,(H,20,24). The summed E-state index contributed by atoms with van der Waals surface area (Å²) in [6.07, 6.45) is 6.06. The van der Waals surface area contributed by atoms with Gasteiger partial charge in [0, 0.05) is 62.9 Å². The smallest absolute Gasteiger partial charge is 0.317 e. The summed E-state index contributed by atoms with van der Waals surface area (Å²) in [6, 6.07) is 5.18. The van der Waals surface area contributed by atoms with Crippen molar-refractivity contribution in [3.05, 3.63) is 24.5 Å². The van der Waals surface area contributed by atoms with Gasteiger partial charge in [0.1, 0.15) is 0 Å². The molecule has 2 aliphatic rings. The molecule has 0 bridgehead atoms. The van der Waals surface area contributed by atoms with Crippen LogP contribution in [0.5, 0.6) is 0 Å². The van der Waals surface area contributed by atoms with Gasteiger partial charge in [-0.25, -0.2) is 4.79 Å². The Balaban J connectivity index is 1.44. The van der Waals surface area contributed by atoms with Crippen molar-refractivity contribution in [3.8, 4) is 0 Å². The summed E-state index contributed by atoms with van der Waals surface area (Å²) in [6.45, 7) is 9.68. The minimum absolute atomic E-state index is 0.0833. The van der Waals surface area contributed by atoms with Crippen molar-refractivity contribution >= 4 is 11.7 Å². The third kappa shape index (κ3) is 3.98. The molecule has 2 fully saturated rings. The summed E-state index contributed by atoms with van der Waals surface area (Å²) in [5.41, 5.74) is 1.18. The number of nitrogens with zero attached hydrogens (tertiary/aromatic N) is 4. The Bertz CT molecular complexity index is 527. The number of hydrogen-bond donors (Lipinski definition) is 1. The zero-order chi connectivity index (χ0) is 16.9. The molecular formula is C18H29N5O. The molecular weight excluding hydrogens is 302 g/mol. The van der Waals surface area contributed by atoms with Gasteiger partial charge < -0.3 is 15.1 Å². The van der Waals surface area contributed by atoms with E-state index in [0.29, 0.717) is 12.1 Å². The van der Waals surface area contributed by atoms with Crippen molar-refractivity contribution in [2.75, 3.05) is 44.2 Å². The second-order valence-electron chi connectivity index (χ2n) is 6.99. The van der Waals surface area contributed by atoms with E-state index in [1.165, 1.54) is 18.5 Å². The highest BCUT2D eigenvalue weighted by Gasteiger charge is 2.28. The van der Waals surface area contributed by atoms with Gasteiger partial charge in [-0.1, -0.05) is 0 Å². The number of carbonyl (C=O) groups excluding carboxylic acids is 1. The maximum Gasteiger partial charge on any atom is 0.317 e. The lowest BCUT2D eigenvalue weighted by atomic mass is 10.2. The first-order valence-corrected chi connectivity index (χ1v) is 9.08. The molecule has 0 aliphatic carbocycles. The average molecular weight is 331 g/mol. The monoisotopic (exact) mass is 331 g/mol. The predicted molar refractivity (Wildman–Crippen MR) is 96.3 cm³/mol. The van der Waals surface area contributed by atoms with Crippen LogP contribution in [-0.2, 0) is 0 Å². The average Bonchev–Trinajstić information content (AvgIpc) is 3.09. The summed E-state index contributed by atoms with van der Waals surface area (Å²) in [5, 5.41) is 3.15. The van der Waals surface area contributed by atoms with Gasteiger partial charge in [-0.2, -0.15) is 0 Å². The van der Waals surface area contributed by atoms with Crippen molar-refractivity contribution in [2.45, 2.75) is 38.8 Å². The molecule has 0 spiro atoms. The molecule has 24 heavy (non-hydrogen) atoms. The highest BCUT2D eigenvalue weighted by atomic mass is 16.2. The van der Waals surface area contributed by atoms with Crippen LogP contribution in [0.3, 0.4) is 0 Å². The molecule has 1 aromatic heterocycles. The van der Waals surface area contributed by atoms with Crippen LogP contribution in [0, 0.1) is 0 Å². The van der Waals surface area contributed by atoms with Crippen LogP contribution in [0.15, 0.2) is 24.5 Å². The third-order valence-electron chi connectivity index (χ3n) is 5.17. The van der Waals surface area contributed by atoms with E-state index in [-0.39, 0.29) is 6.03 Å². The minimum atomic E-state index is 0.0833. The first kappa shape index (κ1) is 17.0. The summed E-state index contributed by atoms with van der Waals surface area (Å²) in [4.78, 5) is 23.2. The van der Waals surface area contributed by atoms with Gasteiger partial charge in [0.15, 0.2) is 0 Å². The Morgan fingerprint density at radius 3 is 2.58 bits per heavy atom. The number of likely N-dealkylation sites (tertiary alicyclic amines) is 1. The van der Waals surface area contributed by atoms with E-state index in [4.69, 9.17) is 0 Å². The predicted octanol–water partition coefficient (Wildman–Crippen LogP) is 1.79. The molecule has 2 saturated heterocycles. The Morgan fingerprint density at radius 1 is 1.21 bits per heavy atom. The molecule has 0 aromatic carbocycles. The van der Waals surface area contributed by atoms with Gasteiger partial charge >= 0.3 is 6.03 Å². The highest BCUT2D eigenvalue weighted by Crippen LogP contribution is 2.19. The van der Waals surface area contributed by atoms with E-state index in [9.17, 15) is 4.79 Å². The van der Waals surface area contributed by atoms with Crippen LogP contribution >= 0.6 is 0 Å². The van der Waals surface area contributed by atoms with E-state index < -0.39 is 0 Å². The number of amides is 2. The van der Waals surface area contributed by atoms with Gasteiger partial charge in [0.2, 0.25) is 0 Å². The van der Waals surface area contributed by atoms with Crippen molar-refractivity contribution in [3.63, 3.8) is 0 Å². The summed E-state index contributed by atoms with van der Waals surface area (Å²) < 4.78 is 0. The van der Waals surface area contributed by atoms with Crippen molar-refractivity contribution < 1.29 is 4.79 Å². The Hall–Kier alpha value is -1.82. The Morgan fingerprint density at radius 2 is 1.92 bits per heavy atom. The quantitative estimate of drug-likeness (QED) is 0.914. The molecule has 2 aliphatic heterocycles. The van der Waals surface area contributed by atoms with Gasteiger partial charge in [-0.3, -0.25) is 9.88 Å². The van der Waals surface area contributed by atoms with Crippen LogP contribution in [-0.4, -0.2) is 72.2 Å². The fraction of sp³-hybridized carbons (Fsp3) is 0.667. The first-order valence-electron chi connectivity index (χ1n) is 9.08. The number of nitrogens with one attached hydrogen (secondary N) is 1. The van der Waals surface area contributed by atoms with Crippen molar-refractivity contribution in [1.29, 1.82) is 0 Å². The number of hydrogen-bond acceptors (Lipinski definition) is 4. The van der Waals surface area contributed by atoms with Crippen molar-refractivity contribution in [1.82, 2.24) is 20.1 Å². The Labute approximate surface area is 144 Å². The zero-order valence-corrected chi connectivity index (χ0v) is 14.8. The third-order valence-corrected chi connectivity index (χ3v) is 5.17. The van der Waals surface area contributed by atoms with Crippen LogP contribution in [0.2, 0.25) is 0 Å². The topological polar surface area (TPSA) is 51.7 Å². The van der Waals surface area contributed by atoms with Gasteiger partial charge in [-0.15, -0.1) is 0 Å². The molecule has 132 valence electrons. The first-order chi connectivity index (χ1) is 11.6. The number of anilines is 1. The molecule has 1 N–H and O–H groups in total. The molecule has 3 heterocycles. The molecule has 2 amide bonds. The van der Waals surface area contributed by atoms with Crippen LogP contribution in [0.25, 0.3) is 0 Å². The van der Waals surface area contributed by atoms with E-state index >= 15 is 0 Å². The molecule has 6 heteroatoms. The van der Waals surface area contributed by atoms with Crippen LogP contribution < -0.4 is 10.2 Å². The van der Waals surface area contributed by atoms with Crippen LogP contribution in [0.4, 0.5) is 10.5 Å². The number of pyridine rings is 1. The number of piperazine rings is 1. The Kier molecular flexibility index (Phi) is 5.56. The summed E-state index contributed by atoms with van der Waals surface area (Å²) >= 11 is 0. The van der Waals surface area contributed by atoms with E-state index in [0.717, 1.165) is 39.3 Å². The van der Waals surface area contributed by atoms with Crippen molar-refractivity contribution in [2.24, 2.45) is 0 Å². The molecule has 1 unspecified atom stereocenters. The van der Waals surface area contributed by atoms with Crippen LogP contribution in [0.1, 0.15) is 26.7 Å². The fourth-order valence-electron chi connectivity index (χ4n) is 3.80. The zero-order valence-electron chi connectivity index (χ0n) is 14.8. The van der Waals surface area contributed by atoms with E-state index in [2.05, 4.69) is 33.9 Å². The van der Waals surface area contributed by atoms with E-state index in [1.54, 1.807) is 0 Å². The lowest BCUT2D eigenvalue weighted by Gasteiger charge is -2.36. The lowest BCUT2D eigenvalue weighted by Crippen LogP contribution is -2.53. The highest BCUT2D eigenvalue weighted by molar-refractivity contribution is 5.74. The molecule has 0 radical (unpaired) electrons. The number of rotatable bonds is 4. The second kappa shape index (κ2) is 7.83. The molecule has 3 rings (SSSR count). The summed E-state index contributed by atoms with van der Waals surface area (Å²) in [7, 11) is 0. The van der Waals surface area contributed by atoms with Gasteiger partial charge in [0.05, 0.1) is 0 Å². The van der Waals surface area contributed by atoms with Gasteiger partial charge in [-0.05, 0) is 45.4 Å². The fourth-order valence-corrected chi connectivity index (χ4v) is 3.80. The molecule has 1 aromatic rings. The summed E-state index contributed by atoms with van der Waals surface area (Å²) in [5.74, 6) is 0. The molecule has 0 saturated carbocycles. The SMILES string of the molecule is CC(C)N1CCCC1CNC(=O)N1CCN(c2ccncc2)CC1. The normalized spacial score (nSPS) is 22.2. The number of aromatic nitrogens is 1. The maximum atomic E-state index is 12.4. The number of carbonyl (C=O) groups is 1. The molecule has 6 nitrogen and oxygen atoms in total. The lowest BCUT2D eigenvalue weighted by molar-refractivity contribution is 0.177. The maximum absolute atomic E-state index is 12.4.